The molecule has 0 aromatic heterocycles. The highest BCUT2D eigenvalue weighted by atomic mass is 16.5. The number of nitrogens with zero attached hydrogens (tertiary/aromatic N) is 1. The van der Waals surface area contributed by atoms with Crippen molar-refractivity contribution in [3.05, 3.63) is 29.8 Å². The third-order valence-corrected chi connectivity index (χ3v) is 3.22. The molecule has 0 radical (unpaired) electrons. The number of rotatable bonds is 7. The Balaban J connectivity index is 2.68. The zero-order chi connectivity index (χ0) is 15.9. The van der Waals surface area contributed by atoms with Gasteiger partial charge >= 0.3 is 0 Å². The van der Waals surface area contributed by atoms with Crippen molar-refractivity contribution in [2.24, 2.45) is 0 Å². The molecule has 118 valence electrons. The van der Waals surface area contributed by atoms with Crippen LogP contribution in [0.2, 0.25) is 0 Å². The summed E-state index contributed by atoms with van der Waals surface area (Å²) in [5.74, 6) is -0.114. The molecule has 1 amide bonds. The first kappa shape index (κ1) is 17.7. The van der Waals surface area contributed by atoms with Crippen molar-refractivity contribution in [3.63, 3.8) is 0 Å². The van der Waals surface area contributed by atoms with Crippen LogP contribution < -0.4 is 5.32 Å². The van der Waals surface area contributed by atoms with E-state index >= 15 is 0 Å². The van der Waals surface area contributed by atoms with Crippen molar-refractivity contribution in [1.82, 2.24) is 4.90 Å². The molecule has 21 heavy (non-hydrogen) atoms. The van der Waals surface area contributed by atoms with Gasteiger partial charge < -0.3 is 10.1 Å². The van der Waals surface area contributed by atoms with Crippen LogP contribution in [0, 0.1) is 0 Å². The largest absolute Gasteiger partial charge is 0.366 e. The van der Waals surface area contributed by atoms with E-state index in [9.17, 15) is 4.79 Å². The maximum atomic E-state index is 12.0. The average molecular weight is 292 g/mol. The third-order valence-electron chi connectivity index (χ3n) is 3.22. The number of hydrogen-bond donors (Lipinski definition) is 1. The number of hydrogen-bond acceptors (Lipinski definition) is 3. The fourth-order valence-corrected chi connectivity index (χ4v) is 1.94. The number of benzene rings is 1. The van der Waals surface area contributed by atoms with Crippen LogP contribution in [0.1, 0.15) is 40.2 Å². The Morgan fingerprint density at radius 2 is 1.81 bits per heavy atom. The Bertz CT molecular complexity index is 448. The van der Waals surface area contributed by atoms with E-state index in [0.717, 1.165) is 30.9 Å². The Hall–Kier alpha value is -1.39. The van der Waals surface area contributed by atoms with Gasteiger partial charge in [-0.05, 0) is 45.5 Å². The van der Waals surface area contributed by atoms with Gasteiger partial charge in [0.15, 0.2) is 0 Å². The molecule has 0 fully saturated rings. The van der Waals surface area contributed by atoms with Crippen molar-refractivity contribution >= 4 is 11.6 Å². The van der Waals surface area contributed by atoms with Gasteiger partial charge in [0.1, 0.15) is 6.61 Å². The molecular formula is C17H28N2O2. The molecule has 1 aromatic carbocycles. The van der Waals surface area contributed by atoms with Gasteiger partial charge in [0.25, 0.3) is 0 Å². The van der Waals surface area contributed by atoms with Gasteiger partial charge in [0.05, 0.1) is 5.60 Å². The lowest BCUT2D eigenvalue weighted by Gasteiger charge is -2.21. The molecule has 1 rings (SSSR count). The molecule has 0 bridgehead atoms. The van der Waals surface area contributed by atoms with E-state index in [-0.39, 0.29) is 18.1 Å². The van der Waals surface area contributed by atoms with Gasteiger partial charge in [-0.25, -0.2) is 0 Å². The summed E-state index contributed by atoms with van der Waals surface area (Å²) in [6.07, 6.45) is 0. The molecule has 0 saturated carbocycles. The molecule has 0 saturated heterocycles. The van der Waals surface area contributed by atoms with Crippen LogP contribution in [0.4, 0.5) is 5.69 Å². The summed E-state index contributed by atoms with van der Waals surface area (Å²) in [5.41, 5.74) is 1.69. The summed E-state index contributed by atoms with van der Waals surface area (Å²) in [6.45, 7) is 13.0. The second kappa shape index (κ2) is 8.15. The van der Waals surface area contributed by atoms with Crippen LogP contribution in [0.5, 0.6) is 0 Å². The van der Waals surface area contributed by atoms with Crippen LogP contribution in [0.3, 0.4) is 0 Å². The van der Waals surface area contributed by atoms with Gasteiger partial charge in [-0.3, -0.25) is 9.69 Å². The highest BCUT2D eigenvalue weighted by molar-refractivity contribution is 5.92. The monoisotopic (exact) mass is 292 g/mol. The summed E-state index contributed by atoms with van der Waals surface area (Å²) in [5, 5.41) is 2.95. The lowest BCUT2D eigenvalue weighted by Crippen LogP contribution is -2.28. The standard InChI is InChI=1S/C17H28N2O2/c1-6-19(7-2)12-14-10-8-9-11-15(14)18-16(20)13-21-17(3,4)5/h8-11H,6-7,12-13H2,1-5H3,(H,18,20). The van der Waals surface area contributed by atoms with Gasteiger partial charge in [0, 0.05) is 12.2 Å². The van der Waals surface area contributed by atoms with Crippen LogP contribution in [0.25, 0.3) is 0 Å². The van der Waals surface area contributed by atoms with Crippen LogP contribution in [0.15, 0.2) is 24.3 Å². The molecule has 0 aliphatic rings. The summed E-state index contributed by atoms with van der Waals surface area (Å²) in [6, 6.07) is 7.93. The van der Waals surface area contributed by atoms with E-state index in [0.29, 0.717) is 0 Å². The zero-order valence-corrected chi connectivity index (χ0v) is 13.9. The van der Waals surface area contributed by atoms with Crippen LogP contribution >= 0.6 is 0 Å². The molecule has 0 spiro atoms. The molecular weight excluding hydrogens is 264 g/mol. The molecule has 4 heteroatoms. The van der Waals surface area contributed by atoms with Crippen molar-refractivity contribution in [1.29, 1.82) is 0 Å². The Morgan fingerprint density at radius 3 is 2.38 bits per heavy atom. The summed E-state index contributed by atoms with van der Waals surface area (Å²) in [7, 11) is 0. The first-order chi connectivity index (χ1) is 9.85. The van der Waals surface area contributed by atoms with Gasteiger partial charge in [-0.2, -0.15) is 0 Å². The molecule has 0 heterocycles. The van der Waals surface area contributed by atoms with Gasteiger partial charge in [-0.1, -0.05) is 32.0 Å². The van der Waals surface area contributed by atoms with Crippen molar-refractivity contribution < 1.29 is 9.53 Å². The second-order valence-corrected chi connectivity index (χ2v) is 6.07. The molecule has 0 unspecified atom stereocenters. The first-order valence-corrected chi connectivity index (χ1v) is 7.59. The highest BCUT2D eigenvalue weighted by Gasteiger charge is 2.14. The number of carbonyl (C=O) groups excluding carboxylic acids is 1. The number of ether oxygens (including phenoxy) is 1. The molecule has 1 N–H and O–H groups in total. The number of anilines is 1. The van der Waals surface area contributed by atoms with E-state index in [4.69, 9.17) is 4.74 Å². The van der Waals surface area contributed by atoms with Crippen molar-refractivity contribution in [2.75, 3.05) is 25.0 Å². The Kier molecular flexibility index (Phi) is 6.85. The lowest BCUT2D eigenvalue weighted by atomic mass is 10.1. The number of carbonyl (C=O) groups is 1. The molecule has 1 aromatic rings. The first-order valence-electron chi connectivity index (χ1n) is 7.59. The van der Waals surface area contributed by atoms with E-state index in [1.54, 1.807) is 0 Å². The van der Waals surface area contributed by atoms with E-state index in [1.165, 1.54) is 0 Å². The smallest absolute Gasteiger partial charge is 0.250 e. The minimum Gasteiger partial charge on any atom is -0.366 e. The maximum Gasteiger partial charge on any atom is 0.250 e. The lowest BCUT2D eigenvalue weighted by molar-refractivity contribution is -0.125. The predicted molar refractivity (Wildman–Crippen MR) is 87.4 cm³/mol. The minimum atomic E-state index is -0.307. The molecule has 4 nitrogen and oxygen atoms in total. The van der Waals surface area contributed by atoms with E-state index < -0.39 is 0 Å². The Morgan fingerprint density at radius 1 is 1.19 bits per heavy atom. The SMILES string of the molecule is CCN(CC)Cc1ccccc1NC(=O)COC(C)(C)C. The van der Waals surface area contributed by atoms with Crippen LogP contribution in [-0.4, -0.2) is 36.1 Å². The summed E-state index contributed by atoms with van der Waals surface area (Å²) in [4.78, 5) is 14.3. The van der Waals surface area contributed by atoms with Gasteiger partial charge in [0.2, 0.25) is 5.91 Å². The number of nitrogens with one attached hydrogen (secondary N) is 1. The fourth-order valence-electron chi connectivity index (χ4n) is 1.94. The van der Waals surface area contributed by atoms with E-state index in [2.05, 4.69) is 30.1 Å². The van der Waals surface area contributed by atoms with Crippen molar-refractivity contribution in [3.8, 4) is 0 Å². The fraction of sp³-hybridized carbons (Fsp3) is 0.588. The minimum absolute atomic E-state index is 0.0725. The topological polar surface area (TPSA) is 41.6 Å². The summed E-state index contributed by atoms with van der Waals surface area (Å²) >= 11 is 0. The number of amides is 1. The third kappa shape index (κ3) is 6.74. The van der Waals surface area contributed by atoms with Crippen LogP contribution in [-0.2, 0) is 16.1 Å². The zero-order valence-electron chi connectivity index (χ0n) is 13.9. The van der Waals surface area contributed by atoms with Gasteiger partial charge in [-0.15, -0.1) is 0 Å². The average Bonchev–Trinajstić information content (AvgIpc) is 2.43. The Labute approximate surface area is 128 Å². The normalized spacial score (nSPS) is 11.7. The number of para-hydroxylation sites is 1. The maximum absolute atomic E-state index is 12.0. The molecule has 0 aliphatic carbocycles. The van der Waals surface area contributed by atoms with Crippen molar-refractivity contribution in [2.45, 2.75) is 46.8 Å². The highest BCUT2D eigenvalue weighted by Crippen LogP contribution is 2.17. The predicted octanol–water partition coefficient (Wildman–Crippen LogP) is 3.28. The molecule has 0 aliphatic heterocycles. The summed E-state index contributed by atoms with van der Waals surface area (Å²) < 4.78 is 5.50. The van der Waals surface area contributed by atoms with E-state index in [1.807, 2.05) is 39.0 Å². The quantitative estimate of drug-likeness (QED) is 0.838. The molecule has 0 atom stereocenters. The second-order valence-electron chi connectivity index (χ2n) is 6.07.